The zero-order valence-electron chi connectivity index (χ0n) is 16.5. The van der Waals surface area contributed by atoms with Gasteiger partial charge in [0.1, 0.15) is 17.3 Å². The first-order chi connectivity index (χ1) is 13.1. The van der Waals surface area contributed by atoms with Gasteiger partial charge in [0, 0.05) is 12.3 Å². The second kappa shape index (κ2) is 10.9. The molecule has 0 saturated heterocycles. The molecule has 3 N–H and O–H groups in total. The molecule has 1 aromatic heterocycles. The lowest BCUT2D eigenvalue weighted by Gasteiger charge is -2.23. The maximum absolute atomic E-state index is 12.5. The van der Waals surface area contributed by atoms with E-state index in [1.807, 2.05) is 0 Å². The van der Waals surface area contributed by atoms with E-state index in [4.69, 9.17) is 9.47 Å². The van der Waals surface area contributed by atoms with Gasteiger partial charge in [-0.2, -0.15) is 0 Å². The highest BCUT2D eigenvalue weighted by Gasteiger charge is 2.24. The number of carbonyl (C=O) groups is 3. The second-order valence-electron chi connectivity index (χ2n) is 6.83. The number of ether oxygens (including phenoxy) is 2. The summed E-state index contributed by atoms with van der Waals surface area (Å²) in [5, 5.41) is 4.97. The van der Waals surface area contributed by atoms with Gasteiger partial charge in [0.05, 0.1) is 6.61 Å². The van der Waals surface area contributed by atoms with Crippen LogP contribution in [0.4, 0.5) is 10.5 Å². The fourth-order valence-corrected chi connectivity index (χ4v) is 2.09. The van der Waals surface area contributed by atoms with Crippen molar-refractivity contribution >= 4 is 23.7 Å². The summed E-state index contributed by atoms with van der Waals surface area (Å²) in [5.74, 6) is -1.06. The summed E-state index contributed by atoms with van der Waals surface area (Å²) in [6, 6.07) is 2.04. The molecule has 0 bridgehead atoms. The number of rotatable bonds is 8. The Labute approximate surface area is 163 Å². The number of H-pyrrole nitrogens is 1. The average Bonchev–Trinajstić information content (AvgIpc) is 2.58. The summed E-state index contributed by atoms with van der Waals surface area (Å²) >= 11 is 0. The highest BCUT2D eigenvalue weighted by atomic mass is 16.6. The topological polar surface area (TPSA) is 127 Å². The zero-order chi connectivity index (χ0) is 21.2. The Kier molecular flexibility index (Phi) is 8.94. The minimum atomic E-state index is -0.971. The molecule has 0 aliphatic heterocycles. The van der Waals surface area contributed by atoms with E-state index in [9.17, 15) is 19.2 Å². The van der Waals surface area contributed by atoms with Gasteiger partial charge in [-0.05, 0) is 52.7 Å². The lowest BCUT2D eigenvalue weighted by Crippen LogP contribution is -2.46. The predicted molar refractivity (Wildman–Crippen MR) is 104 cm³/mol. The van der Waals surface area contributed by atoms with Crippen molar-refractivity contribution in [1.82, 2.24) is 10.3 Å². The number of carbonyl (C=O) groups excluding carboxylic acids is 3. The Morgan fingerprint density at radius 1 is 1.29 bits per heavy atom. The van der Waals surface area contributed by atoms with E-state index < -0.39 is 35.2 Å². The summed E-state index contributed by atoms with van der Waals surface area (Å²) in [4.78, 5) is 50.1. The third-order valence-electron chi connectivity index (χ3n) is 3.25. The number of anilines is 1. The molecule has 0 unspecified atom stereocenters. The van der Waals surface area contributed by atoms with Crippen molar-refractivity contribution in [3.8, 4) is 0 Å². The van der Waals surface area contributed by atoms with Gasteiger partial charge in [0.25, 0.3) is 5.56 Å². The highest BCUT2D eigenvalue weighted by molar-refractivity contribution is 5.96. The van der Waals surface area contributed by atoms with Crippen molar-refractivity contribution in [2.45, 2.75) is 52.2 Å². The fraction of sp³-hybridized carbons (Fsp3) is 0.474. The first-order valence-corrected chi connectivity index (χ1v) is 8.93. The first-order valence-electron chi connectivity index (χ1n) is 8.93. The summed E-state index contributed by atoms with van der Waals surface area (Å²) < 4.78 is 9.95. The minimum Gasteiger partial charge on any atom is -0.463 e. The van der Waals surface area contributed by atoms with Gasteiger partial charge in [-0.1, -0.05) is 6.08 Å². The SMILES string of the molecule is CCOC(=O)/C=C/CC[C@H](NC(=O)OC(C)(C)C)C(=O)Nc1ccc[nH]c1=O. The largest absolute Gasteiger partial charge is 0.463 e. The molecule has 0 aromatic carbocycles. The molecule has 9 heteroatoms. The van der Waals surface area contributed by atoms with E-state index in [1.54, 1.807) is 39.8 Å². The van der Waals surface area contributed by atoms with Crippen LogP contribution in [0.5, 0.6) is 0 Å². The molecule has 9 nitrogen and oxygen atoms in total. The lowest BCUT2D eigenvalue weighted by molar-refractivity contribution is -0.137. The van der Waals surface area contributed by atoms with Gasteiger partial charge in [-0.15, -0.1) is 0 Å². The standard InChI is InChI=1S/C19H27N3O6/c1-5-27-15(23)11-7-6-9-14(22-18(26)28-19(2,3)4)17(25)21-13-10-8-12-20-16(13)24/h7-8,10-12,14H,5-6,9H2,1-4H3,(H,20,24)(H,21,25)(H,22,26)/b11-7+/t14-/m0/s1. The van der Waals surface area contributed by atoms with Crippen LogP contribution in [0.3, 0.4) is 0 Å². The molecule has 2 amide bonds. The third-order valence-corrected chi connectivity index (χ3v) is 3.25. The van der Waals surface area contributed by atoms with Crippen molar-refractivity contribution in [3.05, 3.63) is 40.8 Å². The van der Waals surface area contributed by atoms with Crippen LogP contribution in [-0.2, 0) is 19.1 Å². The van der Waals surface area contributed by atoms with E-state index in [2.05, 4.69) is 15.6 Å². The van der Waals surface area contributed by atoms with Crippen LogP contribution in [0.2, 0.25) is 0 Å². The number of hydrogen-bond acceptors (Lipinski definition) is 6. The maximum atomic E-state index is 12.5. The van der Waals surface area contributed by atoms with Crippen LogP contribution in [-0.4, -0.2) is 41.2 Å². The number of alkyl carbamates (subject to hydrolysis) is 1. The number of amides is 2. The van der Waals surface area contributed by atoms with E-state index >= 15 is 0 Å². The number of aromatic amines is 1. The monoisotopic (exact) mass is 393 g/mol. The summed E-state index contributed by atoms with van der Waals surface area (Å²) in [7, 11) is 0. The molecule has 154 valence electrons. The van der Waals surface area contributed by atoms with Crippen molar-refractivity contribution in [2.24, 2.45) is 0 Å². The van der Waals surface area contributed by atoms with Crippen molar-refractivity contribution in [3.63, 3.8) is 0 Å². The second-order valence-corrected chi connectivity index (χ2v) is 6.83. The average molecular weight is 393 g/mol. The fourth-order valence-electron chi connectivity index (χ4n) is 2.09. The third kappa shape index (κ3) is 9.02. The number of aromatic nitrogens is 1. The van der Waals surface area contributed by atoms with E-state index in [1.165, 1.54) is 18.3 Å². The first kappa shape index (κ1) is 22.9. The number of pyridine rings is 1. The Balaban J connectivity index is 2.80. The lowest BCUT2D eigenvalue weighted by atomic mass is 10.1. The van der Waals surface area contributed by atoms with Crippen LogP contribution in [0.25, 0.3) is 0 Å². The van der Waals surface area contributed by atoms with Crippen LogP contribution >= 0.6 is 0 Å². The van der Waals surface area contributed by atoms with Crippen molar-refractivity contribution in [1.29, 1.82) is 0 Å². The molecular weight excluding hydrogens is 366 g/mol. The van der Waals surface area contributed by atoms with Gasteiger partial charge in [0.2, 0.25) is 5.91 Å². The molecule has 1 rings (SSSR count). The molecule has 28 heavy (non-hydrogen) atoms. The van der Waals surface area contributed by atoms with Crippen molar-refractivity contribution in [2.75, 3.05) is 11.9 Å². The van der Waals surface area contributed by atoms with Gasteiger partial charge >= 0.3 is 12.1 Å². The summed E-state index contributed by atoms with van der Waals surface area (Å²) in [6.45, 7) is 7.07. The van der Waals surface area contributed by atoms with Gasteiger partial charge in [-0.3, -0.25) is 9.59 Å². The molecule has 1 atom stereocenters. The quantitative estimate of drug-likeness (QED) is 0.459. The Morgan fingerprint density at radius 2 is 2.00 bits per heavy atom. The Hall–Kier alpha value is -3.10. The predicted octanol–water partition coefficient (Wildman–Crippen LogP) is 2.11. The molecule has 0 aliphatic rings. The molecule has 0 saturated carbocycles. The van der Waals surface area contributed by atoms with E-state index in [0.29, 0.717) is 6.42 Å². The molecule has 1 heterocycles. The number of nitrogens with one attached hydrogen (secondary N) is 3. The maximum Gasteiger partial charge on any atom is 0.408 e. The van der Waals surface area contributed by atoms with Crippen LogP contribution in [0, 0.1) is 0 Å². The van der Waals surface area contributed by atoms with Crippen molar-refractivity contribution < 1.29 is 23.9 Å². The smallest absolute Gasteiger partial charge is 0.408 e. The van der Waals surface area contributed by atoms with Gasteiger partial charge < -0.3 is 25.1 Å². The Morgan fingerprint density at radius 3 is 2.61 bits per heavy atom. The number of esters is 1. The summed E-state index contributed by atoms with van der Waals surface area (Å²) in [5.41, 5.74) is -1.13. The van der Waals surface area contributed by atoms with Crippen LogP contribution in [0.15, 0.2) is 35.3 Å². The van der Waals surface area contributed by atoms with Crippen LogP contribution < -0.4 is 16.2 Å². The number of allylic oxidation sites excluding steroid dienone is 1. The summed E-state index contributed by atoms with van der Waals surface area (Å²) in [6.07, 6.45) is 3.99. The Bertz CT molecular complexity index is 763. The number of hydrogen-bond donors (Lipinski definition) is 3. The van der Waals surface area contributed by atoms with Crippen LogP contribution in [0.1, 0.15) is 40.5 Å². The normalized spacial score (nSPS) is 12.3. The van der Waals surface area contributed by atoms with E-state index in [-0.39, 0.29) is 18.7 Å². The van der Waals surface area contributed by atoms with E-state index in [0.717, 1.165) is 0 Å². The molecule has 0 radical (unpaired) electrons. The minimum absolute atomic E-state index is 0.0607. The molecule has 0 aliphatic carbocycles. The molecule has 0 fully saturated rings. The molecule has 1 aromatic rings. The van der Waals surface area contributed by atoms with Gasteiger partial charge in [0.15, 0.2) is 0 Å². The molecule has 0 spiro atoms. The van der Waals surface area contributed by atoms with Gasteiger partial charge in [-0.25, -0.2) is 9.59 Å². The molecular formula is C19H27N3O6. The zero-order valence-corrected chi connectivity index (χ0v) is 16.5. The highest BCUT2D eigenvalue weighted by Crippen LogP contribution is 2.09.